The molecule has 1 aliphatic rings. The SMILES string of the molecule is CSC(C)(C)CN(C)C(=O)c1cn2c(nc3ccc(CN(C[C@H]4CCCO4)C(=O)OC(C)(C)C)cc32)s1. The van der Waals surface area contributed by atoms with Crippen LogP contribution in [-0.4, -0.2) is 80.6 Å². The zero-order valence-corrected chi connectivity index (χ0v) is 24.5. The predicted molar refractivity (Wildman–Crippen MR) is 151 cm³/mol. The maximum atomic E-state index is 13.1. The Morgan fingerprint density at radius 1 is 1.27 bits per heavy atom. The molecular weight excluding hydrogens is 508 g/mol. The molecule has 0 saturated carbocycles. The summed E-state index contributed by atoms with van der Waals surface area (Å²) in [6, 6.07) is 6.01. The van der Waals surface area contributed by atoms with Gasteiger partial charge in [-0.3, -0.25) is 9.20 Å². The number of thioether (sulfide) groups is 1. The van der Waals surface area contributed by atoms with Crippen LogP contribution < -0.4 is 0 Å². The standard InChI is InChI=1S/C27H38N4O4S2/c1-26(2,3)35-25(33)30(15-19-9-8-12-34-19)14-18-10-11-20-21(13-18)31-16-22(37-24(31)28-20)23(32)29(6)17-27(4,5)36-7/h10-11,13,16,19H,8-9,12,14-15,17H2,1-7H3/t19-/m1/s1. The number of carbonyl (C=O) groups excluding carboxylic acids is 2. The molecule has 0 bridgehead atoms. The second-order valence-electron chi connectivity index (χ2n) is 11.3. The predicted octanol–water partition coefficient (Wildman–Crippen LogP) is 5.68. The van der Waals surface area contributed by atoms with Crippen molar-refractivity contribution in [3.05, 3.63) is 34.8 Å². The topological polar surface area (TPSA) is 76.4 Å². The zero-order chi connectivity index (χ0) is 27.0. The van der Waals surface area contributed by atoms with Gasteiger partial charge in [0.05, 0.1) is 23.7 Å². The van der Waals surface area contributed by atoms with Crippen LogP contribution in [0.1, 0.15) is 62.7 Å². The maximum Gasteiger partial charge on any atom is 0.410 e. The number of rotatable bonds is 8. The van der Waals surface area contributed by atoms with E-state index < -0.39 is 5.60 Å². The van der Waals surface area contributed by atoms with E-state index in [0.29, 0.717) is 24.5 Å². The fourth-order valence-corrected chi connectivity index (χ4v) is 5.75. The van der Waals surface area contributed by atoms with Crippen molar-refractivity contribution in [2.75, 3.05) is 33.0 Å². The molecular formula is C27H38N4O4S2. The Morgan fingerprint density at radius 3 is 2.68 bits per heavy atom. The van der Waals surface area contributed by atoms with Crippen molar-refractivity contribution in [2.45, 2.75) is 70.5 Å². The molecule has 0 radical (unpaired) electrons. The average molecular weight is 547 g/mol. The van der Waals surface area contributed by atoms with Gasteiger partial charge < -0.3 is 19.3 Å². The van der Waals surface area contributed by atoms with Gasteiger partial charge in [0.15, 0.2) is 4.96 Å². The second kappa shape index (κ2) is 10.8. The Hall–Kier alpha value is -2.30. The minimum Gasteiger partial charge on any atom is -0.444 e. The minimum atomic E-state index is -0.578. The molecule has 1 aliphatic heterocycles. The molecule has 1 aromatic carbocycles. The lowest BCUT2D eigenvalue weighted by Gasteiger charge is -2.29. The van der Waals surface area contributed by atoms with E-state index in [4.69, 9.17) is 14.5 Å². The van der Waals surface area contributed by atoms with Crippen molar-refractivity contribution in [3.63, 3.8) is 0 Å². The van der Waals surface area contributed by atoms with Gasteiger partial charge >= 0.3 is 6.09 Å². The van der Waals surface area contributed by atoms with Crippen LogP contribution in [0, 0.1) is 0 Å². The summed E-state index contributed by atoms with van der Waals surface area (Å²) in [5.41, 5.74) is 2.16. The van der Waals surface area contributed by atoms with Crippen molar-refractivity contribution in [2.24, 2.45) is 0 Å². The molecule has 1 saturated heterocycles. The lowest BCUT2D eigenvalue weighted by Crippen LogP contribution is -2.40. The van der Waals surface area contributed by atoms with Gasteiger partial charge in [0.2, 0.25) is 0 Å². The van der Waals surface area contributed by atoms with Crippen LogP contribution in [-0.2, 0) is 16.0 Å². The number of benzene rings is 1. The number of fused-ring (bicyclic) bond motifs is 3. The fraction of sp³-hybridized carbons (Fsp3) is 0.593. The third-order valence-electron chi connectivity index (χ3n) is 6.37. The first-order valence-electron chi connectivity index (χ1n) is 12.7. The van der Waals surface area contributed by atoms with E-state index >= 15 is 0 Å². The normalized spacial score (nSPS) is 16.5. The molecule has 4 rings (SSSR count). The first-order chi connectivity index (χ1) is 17.3. The summed E-state index contributed by atoms with van der Waals surface area (Å²) < 4.78 is 13.4. The number of thiazole rings is 1. The Labute approximate surface area is 227 Å². The smallest absolute Gasteiger partial charge is 0.410 e. The van der Waals surface area contributed by atoms with Crippen molar-refractivity contribution >= 4 is 51.1 Å². The minimum absolute atomic E-state index is 0.00501. The summed E-state index contributed by atoms with van der Waals surface area (Å²) in [7, 11) is 1.85. The van der Waals surface area contributed by atoms with E-state index in [-0.39, 0.29) is 22.9 Å². The van der Waals surface area contributed by atoms with Crippen LogP contribution >= 0.6 is 23.1 Å². The third kappa shape index (κ3) is 6.78. The van der Waals surface area contributed by atoms with Gasteiger partial charge in [-0.25, -0.2) is 9.78 Å². The number of hydrogen-bond acceptors (Lipinski definition) is 7. The third-order valence-corrected chi connectivity index (χ3v) is 8.58. The van der Waals surface area contributed by atoms with Crippen molar-refractivity contribution in [3.8, 4) is 0 Å². The Morgan fingerprint density at radius 2 is 2.03 bits per heavy atom. The molecule has 3 aromatic rings. The van der Waals surface area contributed by atoms with Crippen molar-refractivity contribution in [1.29, 1.82) is 0 Å². The summed E-state index contributed by atoms with van der Waals surface area (Å²) in [5, 5.41) is 0. The Balaban J connectivity index is 1.58. The summed E-state index contributed by atoms with van der Waals surface area (Å²) in [4.78, 5) is 35.8. The molecule has 202 valence electrons. The first kappa shape index (κ1) is 27.7. The largest absolute Gasteiger partial charge is 0.444 e. The first-order valence-corrected chi connectivity index (χ1v) is 14.7. The highest BCUT2D eigenvalue weighted by atomic mass is 32.2. The van der Waals surface area contributed by atoms with Gasteiger partial charge in [-0.05, 0) is 71.4 Å². The molecule has 37 heavy (non-hydrogen) atoms. The van der Waals surface area contributed by atoms with E-state index in [1.165, 1.54) is 11.3 Å². The Bertz CT molecular complexity index is 1270. The van der Waals surface area contributed by atoms with Crippen LogP contribution in [0.25, 0.3) is 16.0 Å². The summed E-state index contributed by atoms with van der Waals surface area (Å²) in [5.74, 6) is -0.00501. The van der Waals surface area contributed by atoms with Gasteiger partial charge in [-0.2, -0.15) is 11.8 Å². The molecule has 2 amide bonds. The quantitative estimate of drug-likeness (QED) is 0.362. The van der Waals surface area contributed by atoms with Gasteiger partial charge in [0.1, 0.15) is 10.5 Å². The molecule has 0 aliphatic carbocycles. The summed E-state index contributed by atoms with van der Waals surface area (Å²) >= 11 is 3.14. The lowest BCUT2D eigenvalue weighted by molar-refractivity contribution is 0.00860. The molecule has 8 nitrogen and oxygen atoms in total. The van der Waals surface area contributed by atoms with E-state index in [1.54, 1.807) is 21.6 Å². The molecule has 3 heterocycles. The van der Waals surface area contributed by atoms with Gasteiger partial charge in [0, 0.05) is 37.7 Å². The van der Waals surface area contributed by atoms with Crippen LogP contribution in [0.15, 0.2) is 24.4 Å². The van der Waals surface area contributed by atoms with Crippen LogP contribution in [0.5, 0.6) is 0 Å². The Kier molecular flexibility index (Phi) is 8.11. The highest BCUT2D eigenvalue weighted by Gasteiger charge is 2.28. The van der Waals surface area contributed by atoms with Gasteiger partial charge in [-0.1, -0.05) is 17.4 Å². The van der Waals surface area contributed by atoms with Crippen LogP contribution in [0.3, 0.4) is 0 Å². The summed E-state index contributed by atoms with van der Waals surface area (Å²) in [6.07, 6.45) is 5.57. The number of nitrogens with zero attached hydrogens (tertiary/aromatic N) is 4. The lowest BCUT2D eigenvalue weighted by atomic mass is 10.1. The second-order valence-corrected chi connectivity index (χ2v) is 13.8. The summed E-state index contributed by atoms with van der Waals surface area (Å²) in [6.45, 7) is 12.2. The number of hydrogen-bond donors (Lipinski definition) is 0. The molecule has 2 aromatic heterocycles. The molecule has 0 spiro atoms. The van der Waals surface area contributed by atoms with E-state index in [2.05, 4.69) is 20.1 Å². The highest BCUT2D eigenvalue weighted by Crippen LogP contribution is 2.28. The van der Waals surface area contributed by atoms with E-state index in [0.717, 1.165) is 41.0 Å². The monoisotopic (exact) mass is 546 g/mol. The fourth-order valence-electron chi connectivity index (χ4n) is 4.43. The number of aromatic nitrogens is 2. The van der Waals surface area contributed by atoms with E-state index in [9.17, 15) is 9.59 Å². The van der Waals surface area contributed by atoms with Crippen molar-refractivity contribution < 1.29 is 19.1 Å². The van der Waals surface area contributed by atoms with Crippen LogP contribution in [0.4, 0.5) is 4.79 Å². The number of imidazole rings is 1. The maximum absolute atomic E-state index is 13.1. The number of amides is 2. The molecule has 10 heteroatoms. The number of carbonyl (C=O) groups is 2. The van der Waals surface area contributed by atoms with Crippen LogP contribution in [0.2, 0.25) is 0 Å². The molecule has 0 N–H and O–H groups in total. The van der Waals surface area contributed by atoms with E-state index in [1.807, 2.05) is 56.6 Å². The molecule has 1 fully saturated rings. The highest BCUT2D eigenvalue weighted by molar-refractivity contribution is 7.99. The van der Waals surface area contributed by atoms with Gasteiger partial charge in [-0.15, -0.1) is 0 Å². The molecule has 0 unspecified atom stereocenters. The number of ether oxygens (including phenoxy) is 2. The van der Waals surface area contributed by atoms with Crippen molar-refractivity contribution in [1.82, 2.24) is 19.2 Å². The zero-order valence-electron chi connectivity index (χ0n) is 22.9. The van der Waals surface area contributed by atoms with Gasteiger partial charge in [0.25, 0.3) is 5.91 Å². The average Bonchev–Trinajstić information content (AvgIpc) is 3.53. The molecule has 1 atom stereocenters.